The second kappa shape index (κ2) is 5.14. The van der Waals surface area contributed by atoms with Gasteiger partial charge in [-0.2, -0.15) is 0 Å². The summed E-state index contributed by atoms with van der Waals surface area (Å²) in [5.74, 6) is 2.35. The van der Waals surface area contributed by atoms with Crippen LogP contribution in [-0.4, -0.2) is 22.6 Å². The Bertz CT molecular complexity index is 343. The third-order valence-electron chi connectivity index (χ3n) is 2.88. The van der Waals surface area contributed by atoms with Gasteiger partial charge in [-0.05, 0) is 18.8 Å². The van der Waals surface area contributed by atoms with E-state index in [0.717, 1.165) is 18.2 Å². The van der Waals surface area contributed by atoms with Crippen LogP contribution in [0.25, 0.3) is 0 Å². The number of aromatic nitrogens is 2. The van der Waals surface area contributed by atoms with Gasteiger partial charge in [0.25, 0.3) is 0 Å². The summed E-state index contributed by atoms with van der Waals surface area (Å²) < 4.78 is 5.46. The van der Waals surface area contributed by atoms with Gasteiger partial charge in [-0.15, -0.1) is 0 Å². The summed E-state index contributed by atoms with van der Waals surface area (Å²) in [6.45, 7) is 5.01. The number of hydrogen-bond acceptors (Lipinski definition) is 4. The highest BCUT2D eigenvalue weighted by molar-refractivity contribution is 5.39. The van der Waals surface area contributed by atoms with Gasteiger partial charge in [0.2, 0.25) is 5.88 Å². The van der Waals surface area contributed by atoms with Gasteiger partial charge in [-0.25, -0.2) is 9.97 Å². The highest BCUT2D eigenvalue weighted by Crippen LogP contribution is 2.35. The van der Waals surface area contributed by atoms with Crippen molar-refractivity contribution in [3.05, 3.63) is 12.4 Å². The van der Waals surface area contributed by atoms with Gasteiger partial charge in [0.1, 0.15) is 12.1 Å². The summed E-state index contributed by atoms with van der Waals surface area (Å²) >= 11 is 0. The minimum atomic E-state index is 0.596. The maximum absolute atomic E-state index is 5.46. The van der Waals surface area contributed by atoms with Gasteiger partial charge >= 0.3 is 0 Å². The second-order valence-corrected chi connectivity index (χ2v) is 4.24. The molecular formula is C12H19N3O. The second-order valence-electron chi connectivity index (χ2n) is 4.24. The van der Waals surface area contributed by atoms with Crippen LogP contribution >= 0.6 is 0 Å². The monoisotopic (exact) mass is 221 g/mol. The molecule has 0 bridgehead atoms. The maximum Gasteiger partial charge on any atom is 0.218 e. The van der Waals surface area contributed by atoms with E-state index in [9.17, 15) is 0 Å². The number of ether oxygens (including phenoxy) is 1. The minimum Gasteiger partial charge on any atom is -0.478 e. The predicted octanol–water partition coefficient (Wildman–Crippen LogP) is 2.48. The SMILES string of the molecule is CCCOc1cc(NC2CC2CC)ncn1. The molecule has 1 aliphatic rings. The first-order valence-electron chi connectivity index (χ1n) is 6.04. The highest BCUT2D eigenvalue weighted by Gasteiger charge is 2.35. The Hall–Kier alpha value is -1.32. The lowest BCUT2D eigenvalue weighted by Gasteiger charge is -2.06. The molecule has 0 saturated heterocycles. The number of nitrogens with one attached hydrogen (secondary N) is 1. The Morgan fingerprint density at radius 3 is 3.00 bits per heavy atom. The Kier molecular flexibility index (Phi) is 3.59. The molecule has 0 amide bonds. The van der Waals surface area contributed by atoms with E-state index in [1.807, 2.05) is 6.07 Å². The van der Waals surface area contributed by atoms with E-state index in [4.69, 9.17) is 4.74 Å². The average molecular weight is 221 g/mol. The van der Waals surface area contributed by atoms with E-state index in [1.165, 1.54) is 12.8 Å². The molecule has 1 aromatic heterocycles. The molecule has 88 valence electrons. The first-order chi connectivity index (χ1) is 7.83. The van der Waals surface area contributed by atoms with Crippen molar-refractivity contribution in [1.29, 1.82) is 0 Å². The molecule has 16 heavy (non-hydrogen) atoms. The van der Waals surface area contributed by atoms with Gasteiger partial charge in [0, 0.05) is 12.1 Å². The van der Waals surface area contributed by atoms with Crippen LogP contribution in [0.2, 0.25) is 0 Å². The smallest absolute Gasteiger partial charge is 0.218 e. The number of nitrogens with zero attached hydrogens (tertiary/aromatic N) is 2. The average Bonchev–Trinajstić information content (AvgIpc) is 3.05. The summed E-state index contributed by atoms with van der Waals surface area (Å²) in [6, 6.07) is 2.47. The normalized spacial score (nSPS) is 22.9. The van der Waals surface area contributed by atoms with E-state index < -0.39 is 0 Å². The van der Waals surface area contributed by atoms with Crippen LogP contribution in [0.5, 0.6) is 5.88 Å². The zero-order chi connectivity index (χ0) is 11.4. The summed E-state index contributed by atoms with van der Waals surface area (Å²) in [6.07, 6.45) is 5.04. The molecule has 1 N–H and O–H groups in total. The van der Waals surface area contributed by atoms with E-state index in [0.29, 0.717) is 18.5 Å². The van der Waals surface area contributed by atoms with Crippen molar-refractivity contribution in [2.75, 3.05) is 11.9 Å². The first-order valence-corrected chi connectivity index (χ1v) is 6.04. The molecule has 0 spiro atoms. The molecule has 2 rings (SSSR count). The summed E-state index contributed by atoms with van der Waals surface area (Å²) in [4.78, 5) is 8.26. The van der Waals surface area contributed by atoms with E-state index in [-0.39, 0.29) is 0 Å². The molecule has 0 aliphatic heterocycles. The Balaban J connectivity index is 1.89. The molecule has 4 nitrogen and oxygen atoms in total. The zero-order valence-electron chi connectivity index (χ0n) is 9.94. The van der Waals surface area contributed by atoms with Crippen LogP contribution in [0.3, 0.4) is 0 Å². The lowest BCUT2D eigenvalue weighted by atomic mass is 10.3. The van der Waals surface area contributed by atoms with Gasteiger partial charge in [-0.1, -0.05) is 20.3 Å². The number of anilines is 1. The van der Waals surface area contributed by atoms with Crippen molar-refractivity contribution in [2.24, 2.45) is 5.92 Å². The lowest BCUT2D eigenvalue weighted by Crippen LogP contribution is -2.07. The standard InChI is InChI=1S/C12H19N3O/c1-3-5-16-12-7-11(13-8-14-12)15-10-6-9(10)4-2/h7-10H,3-6H2,1-2H3,(H,13,14,15). The Morgan fingerprint density at radius 2 is 2.31 bits per heavy atom. The molecule has 1 heterocycles. The van der Waals surface area contributed by atoms with Crippen LogP contribution in [0.4, 0.5) is 5.82 Å². The predicted molar refractivity (Wildman–Crippen MR) is 63.6 cm³/mol. The molecule has 0 radical (unpaired) electrons. The fraction of sp³-hybridized carbons (Fsp3) is 0.667. The van der Waals surface area contributed by atoms with Gasteiger partial charge < -0.3 is 10.1 Å². The summed E-state index contributed by atoms with van der Waals surface area (Å²) in [5.41, 5.74) is 0. The van der Waals surface area contributed by atoms with Crippen molar-refractivity contribution in [3.63, 3.8) is 0 Å². The maximum atomic E-state index is 5.46. The molecule has 1 fully saturated rings. The van der Waals surface area contributed by atoms with Gasteiger partial charge in [0.15, 0.2) is 0 Å². The van der Waals surface area contributed by atoms with Crippen molar-refractivity contribution in [3.8, 4) is 5.88 Å². The topological polar surface area (TPSA) is 47.0 Å². The van der Waals surface area contributed by atoms with Crippen LogP contribution in [0.1, 0.15) is 33.1 Å². The van der Waals surface area contributed by atoms with Crippen LogP contribution in [0, 0.1) is 5.92 Å². The van der Waals surface area contributed by atoms with Crippen LogP contribution < -0.4 is 10.1 Å². The summed E-state index contributed by atoms with van der Waals surface area (Å²) in [7, 11) is 0. The first kappa shape index (κ1) is 11.2. The molecule has 2 atom stereocenters. The molecule has 0 aromatic carbocycles. The highest BCUT2D eigenvalue weighted by atomic mass is 16.5. The van der Waals surface area contributed by atoms with E-state index in [1.54, 1.807) is 6.33 Å². The Morgan fingerprint density at radius 1 is 1.44 bits per heavy atom. The molecule has 1 aliphatic carbocycles. The third-order valence-corrected chi connectivity index (χ3v) is 2.88. The van der Waals surface area contributed by atoms with Gasteiger partial charge in [0.05, 0.1) is 6.61 Å². The van der Waals surface area contributed by atoms with Crippen molar-refractivity contribution >= 4 is 5.82 Å². The van der Waals surface area contributed by atoms with E-state index in [2.05, 4.69) is 29.1 Å². The van der Waals surface area contributed by atoms with Crippen molar-refractivity contribution in [1.82, 2.24) is 9.97 Å². The molecular weight excluding hydrogens is 202 g/mol. The number of rotatable bonds is 6. The summed E-state index contributed by atoms with van der Waals surface area (Å²) in [5, 5.41) is 3.40. The van der Waals surface area contributed by atoms with Crippen molar-refractivity contribution in [2.45, 2.75) is 39.2 Å². The van der Waals surface area contributed by atoms with Crippen LogP contribution in [-0.2, 0) is 0 Å². The fourth-order valence-electron chi connectivity index (χ4n) is 1.77. The van der Waals surface area contributed by atoms with Crippen molar-refractivity contribution < 1.29 is 4.74 Å². The fourth-order valence-corrected chi connectivity index (χ4v) is 1.77. The zero-order valence-corrected chi connectivity index (χ0v) is 9.94. The molecule has 1 saturated carbocycles. The van der Waals surface area contributed by atoms with E-state index >= 15 is 0 Å². The largest absolute Gasteiger partial charge is 0.478 e. The third kappa shape index (κ3) is 2.84. The Labute approximate surface area is 96.4 Å². The lowest BCUT2D eigenvalue weighted by molar-refractivity contribution is 0.305. The molecule has 1 aromatic rings. The van der Waals surface area contributed by atoms with Gasteiger partial charge in [-0.3, -0.25) is 0 Å². The van der Waals surface area contributed by atoms with Crippen LogP contribution in [0.15, 0.2) is 12.4 Å². The minimum absolute atomic E-state index is 0.596. The quantitative estimate of drug-likeness (QED) is 0.801. The molecule has 2 unspecified atom stereocenters. The molecule has 4 heteroatoms. The number of hydrogen-bond donors (Lipinski definition) is 1.